The molecule has 0 radical (unpaired) electrons. The van der Waals surface area contributed by atoms with Gasteiger partial charge < -0.3 is 15.4 Å². The zero-order valence-electron chi connectivity index (χ0n) is 9.67. The van der Waals surface area contributed by atoms with Gasteiger partial charge in [-0.3, -0.25) is 0 Å². The number of carbonyl (C=O) groups is 1. The molecular formula is C11H20N2O2. The van der Waals surface area contributed by atoms with E-state index in [9.17, 15) is 4.79 Å². The molecule has 0 aromatic carbocycles. The van der Waals surface area contributed by atoms with Gasteiger partial charge >= 0.3 is 6.09 Å². The molecule has 2 rings (SSSR count). The molecule has 0 aromatic heterocycles. The fourth-order valence-electron chi connectivity index (χ4n) is 2.50. The van der Waals surface area contributed by atoms with Crippen LogP contribution in [0, 0.1) is 5.92 Å². The third-order valence-corrected chi connectivity index (χ3v) is 3.12. The number of nitrogens with one attached hydrogen (secondary N) is 2. The molecule has 1 aliphatic carbocycles. The van der Waals surface area contributed by atoms with Gasteiger partial charge in [0.2, 0.25) is 0 Å². The number of rotatable bonds is 1. The Morgan fingerprint density at radius 2 is 2.13 bits per heavy atom. The van der Waals surface area contributed by atoms with Crippen molar-refractivity contribution in [2.45, 2.75) is 51.3 Å². The van der Waals surface area contributed by atoms with Crippen molar-refractivity contribution in [1.29, 1.82) is 0 Å². The maximum Gasteiger partial charge on any atom is 0.407 e. The lowest BCUT2D eigenvalue weighted by atomic mass is 10.1. The monoisotopic (exact) mass is 212 g/mol. The summed E-state index contributed by atoms with van der Waals surface area (Å²) in [6.45, 7) is 6.68. The van der Waals surface area contributed by atoms with E-state index in [1.165, 1.54) is 12.8 Å². The Kier molecular flexibility index (Phi) is 2.63. The minimum absolute atomic E-state index is 0.278. The number of ether oxygens (including phenoxy) is 1. The van der Waals surface area contributed by atoms with Gasteiger partial charge in [-0.1, -0.05) is 0 Å². The molecule has 2 N–H and O–H groups in total. The van der Waals surface area contributed by atoms with Crippen LogP contribution < -0.4 is 10.6 Å². The van der Waals surface area contributed by atoms with E-state index in [1.54, 1.807) is 0 Å². The minimum atomic E-state index is -0.408. The van der Waals surface area contributed by atoms with E-state index in [1.807, 2.05) is 20.8 Å². The maximum absolute atomic E-state index is 11.6. The molecule has 0 unspecified atom stereocenters. The maximum atomic E-state index is 11.6. The predicted molar refractivity (Wildman–Crippen MR) is 57.7 cm³/mol. The number of piperidine rings is 1. The van der Waals surface area contributed by atoms with Crippen LogP contribution in [0.5, 0.6) is 0 Å². The van der Waals surface area contributed by atoms with Crippen molar-refractivity contribution in [3.63, 3.8) is 0 Å². The summed E-state index contributed by atoms with van der Waals surface area (Å²) in [4.78, 5) is 11.6. The topological polar surface area (TPSA) is 50.4 Å². The van der Waals surface area contributed by atoms with Gasteiger partial charge in [-0.05, 0) is 39.5 Å². The van der Waals surface area contributed by atoms with E-state index in [4.69, 9.17) is 4.74 Å². The Bertz CT molecular complexity index is 240. The molecule has 1 saturated heterocycles. The summed E-state index contributed by atoms with van der Waals surface area (Å²) in [6, 6.07) is 0.738. The Labute approximate surface area is 90.8 Å². The zero-order valence-corrected chi connectivity index (χ0v) is 9.67. The molecular weight excluding hydrogens is 192 g/mol. The fraction of sp³-hybridized carbons (Fsp3) is 0.909. The lowest BCUT2D eigenvalue weighted by Gasteiger charge is -2.23. The number of carbonyl (C=O) groups excluding carboxylic acids is 1. The summed E-state index contributed by atoms with van der Waals surface area (Å²) < 4.78 is 5.25. The van der Waals surface area contributed by atoms with Crippen molar-refractivity contribution >= 4 is 6.09 Å². The predicted octanol–water partition coefficient (Wildman–Crippen LogP) is 1.26. The van der Waals surface area contributed by atoms with Gasteiger partial charge in [0.15, 0.2) is 0 Å². The highest BCUT2D eigenvalue weighted by Crippen LogP contribution is 2.31. The Balaban J connectivity index is 1.85. The first-order valence-corrected chi connectivity index (χ1v) is 5.68. The van der Waals surface area contributed by atoms with E-state index >= 15 is 0 Å². The summed E-state index contributed by atoms with van der Waals surface area (Å²) >= 11 is 0. The number of amides is 1. The van der Waals surface area contributed by atoms with Crippen LogP contribution in [0.25, 0.3) is 0 Å². The highest BCUT2D eigenvalue weighted by molar-refractivity contribution is 5.68. The first-order valence-electron chi connectivity index (χ1n) is 5.68. The Hall–Kier alpha value is -0.770. The molecule has 86 valence electrons. The first-order chi connectivity index (χ1) is 6.96. The summed E-state index contributed by atoms with van der Waals surface area (Å²) in [5.74, 6) is 0.600. The van der Waals surface area contributed by atoms with Crippen molar-refractivity contribution in [3.05, 3.63) is 0 Å². The Morgan fingerprint density at radius 1 is 1.40 bits per heavy atom. The molecule has 4 nitrogen and oxygen atoms in total. The van der Waals surface area contributed by atoms with E-state index in [0.29, 0.717) is 12.0 Å². The third kappa shape index (κ3) is 2.43. The van der Waals surface area contributed by atoms with E-state index in [2.05, 4.69) is 10.6 Å². The van der Waals surface area contributed by atoms with Crippen molar-refractivity contribution < 1.29 is 9.53 Å². The highest BCUT2D eigenvalue weighted by atomic mass is 16.6. The number of fused-ring (bicyclic) bond motifs is 2. The molecule has 0 aromatic rings. The average Bonchev–Trinajstić information content (AvgIpc) is 2.61. The molecule has 2 bridgehead atoms. The second kappa shape index (κ2) is 3.67. The number of hydrogen-bond acceptors (Lipinski definition) is 3. The van der Waals surface area contributed by atoms with Crippen molar-refractivity contribution in [1.82, 2.24) is 10.6 Å². The quantitative estimate of drug-likeness (QED) is 0.688. The summed E-state index contributed by atoms with van der Waals surface area (Å²) in [7, 11) is 0. The van der Waals surface area contributed by atoms with Gasteiger partial charge in [-0.2, -0.15) is 0 Å². The number of hydrogen-bond donors (Lipinski definition) is 2. The lowest BCUT2D eigenvalue weighted by Crippen LogP contribution is -2.44. The van der Waals surface area contributed by atoms with Gasteiger partial charge in [-0.25, -0.2) is 4.79 Å². The van der Waals surface area contributed by atoms with Gasteiger partial charge in [0, 0.05) is 12.6 Å². The zero-order chi connectivity index (χ0) is 11.1. The highest BCUT2D eigenvalue weighted by Gasteiger charge is 2.42. The van der Waals surface area contributed by atoms with Crippen molar-refractivity contribution in [2.75, 3.05) is 6.54 Å². The van der Waals surface area contributed by atoms with E-state index in [0.717, 1.165) is 6.54 Å². The molecule has 1 amide bonds. The second-order valence-electron chi connectivity index (χ2n) is 5.52. The smallest absolute Gasteiger partial charge is 0.407 e. The molecule has 3 atom stereocenters. The molecule has 2 aliphatic rings. The minimum Gasteiger partial charge on any atom is -0.444 e. The molecule has 1 saturated carbocycles. The Morgan fingerprint density at radius 3 is 2.53 bits per heavy atom. The molecule has 1 heterocycles. The molecule has 0 spiro atoms. The van der Waals surface area contributed by atoms with E-state index < -0.39 is 5.60 Å². The molecule has 2 fully saturated rings. The summed E-state index contributed by atoms with van der Waals surface area (Å²) in [5.41, 5.74) is -0.408. The van der Waals surface area contributed by atoms with Gasteiger partial charge in [0.25, 0.3) is 0 Å². The van der Waals surface area contributed by atoms with Gasteiger partial charge in [0.05, 0.1) is 6.04 Å². The second-order valence-corrected chi connectivity index (χ2v) is 5.52. The molecule has 4 heteroatoms. The van der Waals surface area contributed by atoms with Crippen molar-refractivity contribution in [3.8, 4) is 0 Å². The van der Waals surface area contributed by atoms with Crippen LogP contribution in [0.3, 0.4) is 0 Å². The van der Waals surface area contributed by atoms with Crippen LogP contribution in [0.2, 0.25) is 0 Å². The van der Waals surface area contributed by atoms with Crippen LogP contribution >= 0.6 is 0 Å². The van der Waals surface area contributed by atoms with E-state index in [-0.39, 0.29) is 12.1 Å². The van der Waals surface area contributed by atoms with Crippen LogP contribution in [0.1, 0.15) is 33.6 Å². The fourth-order valence-corrected chi connectivity index (χ4v) is 2.50. The largest absolute Gasteiger partial charge is 0.444 e. The van der Waals surface area contributed by atoms with Gasteiger partial charge in [-0.15, -0.1) is 0 Å². The average molecular weight is 212 g/mol. The summed E-state index contributed by atoms with van der Waals surface area (Å²) in [6.07, 6.45) is 2.11. The van der Waals surface area contributed by atoms with Crippen LogP contribution in [0.15, 0.2) is 0 Å². The lowest BCUT2D eigenvalue weighted by molar-refractivity contribution is 0.0497. The van der Waals surface area contributed by atoms with Crippen LogP contribution in [-0.4, -0.2) is 30.3 Å². The first kappa shape index (κ1) is 10.7. The molecule has 15 heavy (non-hydrogen) atoms. The number of alkyl carbamates (subject to hydrolysis) is 1. The van der Waals surface area contributed by atoms with Crippen LogP contribution in [0.4, 0.5) is 4.79 Å². The normalized spacial score (nSPS) is 34.2. The SMILES string of the molecule is CC(C)(C)OC(=O)N[C@H]1[C@@H]2CC[C@H]1NC2. The standard InChI is InChI=1S/C11H20N2O2/c1-11(2,3)15-10(14)13-9-7-4-5-8(9)12-6-7/h7-9,12H,4-6H2,1-3H3,(H,13,14)/t7-,8-,9+/m1/s1. The van der Waals surface area contributed by atoms with Gasteiger partial charge in [0.1, 0.15) is 5.60 Å². The third-order valence-electron chi connectivity index (χ3n) is 3.12. The molecule has 1 aliphatic heterocycles. The van der Waals surface area contributed by atoms with Crippen LogP contribution in [-0.2, 0) is 4.74 Å². The van der Waals surface area contributed by atoms with Crippen molar-refractivity contribution in [2.24, 2.45) is 5.92 Å². The summed E-state index contributed by atoms with van der Waals surface area (Å²) in [5, 5.41) is 6.38.